The molecule has 8 heteroatoms. The van der Waals surface area contributed by atoms with Crippen molar-refractivity contribution < 1.29 is 19.8 Å². The molecule has 0 aliphatic rings. The van der Waals surface area contributed by atoms with Gasteiger partial charge >= 0.3 is 0 Å². The Balaban J connectivity index is 1.57. The zero-order chi connectivity index (χ0) is 21.3. The number of nitrogens with one attached hydrogen (secondary N) is 2. The molecule has 30 heavy (non-hydrogen) atoms. The molecule has 0 spiro atoms. The first-order valence-corrected chi connectivity index (χ1v) is 8.86. The highest BCUT2D eigenvalue weighted by molar-refractivity contribution is 5.96. The monoisotopic (exact) mass is 402 g/mol. The Kier molecular flexibility index (Phi) is 6.52. The Morgan fingerprint density at radius 1 is 0.667 bits per heavy atom. The molecule has 150 valence electrons. The van der Waals surface area contributed by atoms with Crippen molar-refractivity contribution in [2.45, 2.75) is 0 Å². The second kappa shape index (κ2) is 9.65. The van der Waals surface area contributed by atoms with Crippen LogP contribution in [-0.4, -0.2) is 34.5 Å². The number of carbonyl (C=O) groups is 2. The van der Waals surface area contributed by atoms with Crippen molar-refractivity contribution in [3.05, 3.63) is 95.1 Å². The molecule has 0 aromatic heterocycles. The number of amides is 2. The average molecular weight is 402 g/mol. The summed E-state index contributed by atoms with van der Waals surface area (Å²) in [7, 11) is 0. The second-order valence-corrected chi connectivity index (χ2v) is 6.17. The zero-order valence-electron chi connectivity index (χ0n) is 15.7. The summed E-state index contributed by atoms with van der Waals surface area (Å²) in [5.74, 6) is -0.909. The van der Waals surface area contributed by atoms with E-state index in [-0.39, 0.29) is 22.6 Å². The highest BCUT2D eigenvalue weighted by atomic mass is 16.3. The molecule has 0 atom stereocenters. The third-order valence-corrected chi connectivity index (χ3v) is 3.89. The van der Waals surface area contributed by atoms with E-state index in [4.69, 9.17) is 0 Å². The van der Waals surface area contributed by atoms with Gasteiger partial charge in [0, 0.05) is 11.1 Å². The fourth-order valence-electron chi connectivity index (χ4n) is 2.47. The molecule has 0 unspecified atom stereocenters. The van der Waals surface area contributed by atoms with Gasteiger partial charge in [-0.2, -0.15) is 10.2 Å². The first-order valence-electron chi connectivity index (χ1n) is 8.86. The van der Waals surface area contributed by atoms with Crippen LogP contribution in [0.1, 0.15) is 31.8 Å². The van der Waals surface area contributed by atoms with Gasteiger partial charge in [0.2, 0.25) is 0 Å². The van der Waals surface area contributed by atoms with Crippen molar-refractivity contribution in [1.29, 1.82) is 0 Å². The number of hydrogen-bond acceptors (Lipinski definition) is 6. The summed E-state index contributed by atoms with van der Waals surface area (Å²) in [4.78, 5) is 24.0. The molecular formula is C22H18N4O4. The van der Waals surface area contributed by atoms with Gasteiger partial charge in [-0.15, -0.1) is 0 Å². The van der Waals surface area contributed by atoms with Crippen LogP contribution in [0.15, 0.2) is 83.0 Å². The molecule has 0 fully saturated rings. The number of nitrogens with zero attached hydrogens (tertiary/aromatic N) is 2. The lowest BCUT2D eigenvalue weighted by Gasteiger charge is -2.01. The van der Waals surface area contributed by atoms with Gasteiger partial charge in [-0.05, 0) is 53.6 Å². The Morgan fingerprint density at radius 2 is 1.10 bits per heavy atom. The lowest BCUT2D eigenvalue weighted by molar-refractivity contribution is 0.0947. The molecule has 2 amide bonds. The van der Waals surface area contributed by atoms with Crippen LogP contribution in [0.4, 0.5) is 0 Å². The van der Waals surface area contributed by atoms with Crippen molar-refractivity contribution in [1.82, 2.24) is 10.9 Å². The maximum atomic E-state index is 12.0. The third kappa shape index (κ3) is 5.77. The van der Waals surface area contributed by atoms with Crippen LogP contribution in [0.25, 0.3) is 0 Å². The van der Waals surface area contributed by atoms with Crippen LogP contribution < -0.4 is 10.9 Å². The Hall–Kier alpha value is -4.46. The molecule has 0 bridgehead atoms. The van der Waals surface area contributed by atoms with Crippen molar-refractivity contribution in [3.8, 4) is 11.5 Å². The quantitative estimate of drug-likeness (QED) is 0.374. The Bertz CT molecular complexity index is 1040. The second-order valence-electron chi connectivity index (χ2n) is 6.17. The fraction of sp³-hybridized carbons (Fsp3) is 0. The first kappa shape index (κ1) is 20.3. The largest absolute Gasteiger partial charge is 0.508 e. The van der Waals surface area contributed by atoms with E-state index in [1.54, 1.807) is 48.5 Å². The number of benzene rings is 3. The van der Waals surface area contributed by atoms with Crippen LogP contribution in [0.3, 0.4) is 0 Å². The van der Waals surface area contributed by atoms with Crippen LogP contribution in [-0.2, 0) is 0 Å². The molecule has 8 nitrogen and oxygen atoms in total. The van der Waals surface area contributed by atoms with Crippen LogP contribution >= 0.6 is 0 Å². The van der Waals surface area contributed by atoms with Crippen LogP contribution in [0.5, 0.6) is 11.5 Å². The summed E-state index contributed by atoms with van der Waals surface area (Å²) in [6.45, 7) is 0. The minimum atomic E-state index is -0.450. The molecule has 0 saturated carbocycles. The highest BCUT2D eigenvalue weighted by Crippen LogP contribution is 2.11. The number of hydrazone groups is 2. The molecule has 0 aliphatic carbocycles. The van der Waals surface area contributed by atoms with Crippen LogP contribution in [0.2, 0.25) is 0 Å². The van der Waals surface area contributed by atoms with Gasteiger partial charge < -0.3 is 10.2 Å². The number of rotatable bonds is 6. The molecule has 3 aromatic rings. The van der Waals surface area contributed by atoms with E-state index >= 15 is 0 Å². The topological polar surface area (TPSA) is 123 Å². The number of hydrogen-bond donors (Lipinski definition) is 4. The molecule has 0 aliphatic heterocycles. The van der Waals surface area contributed by atoms with E-state index < -0.39 is 11.8 Å². The molecule has 3 aromatic carbocycles. The first-order chi connectivity index (χ1) is 14.5. The summed E-state index contributed by atoms with van der Waals surface area (Å²) in [6.07, 6.45) is 2.92. The Morgan fingerprint density at radius 3 is 1.53 bits per heavy atom. The van der Waals surface area contributed by atoms with Gasteiger partial charge in [0.05, 0.1) is 12.4 Å². The molecule has 4 N–H and O–H groups in total. The molecule has 0 heterocycles. The van der Waals surface area contributed by atoms with E-state index in [0.29, 0.717) is 11.1 Å². The maximum Gasteiger partial charge on any atom is 0.271 e. The number of carbonyl (C=O) groups excluding carboxylic acids is 2. The summed E-state index contributed by atoms with van der Waals surface area (Å²) in [6, 6.07) is 19.0. The minimum Gasteiger partial charge on any atom is -0.508 e. The SMILES string of the molecule is O=C(N/N=C\c1cccc(/C=N\NC(=O)c2cccc(O)c2)c1)c1cccc(O)c1. The average Bonchev–Trinajstić information content (AvgIpc) is 2.74. The summed E-state index contributed by atoms with van der Waals surface area (Å²) < 4.78 is 0. The molecule has 0 radical (unpaired) electrons. The van der Waals surface area contributed by atoms with Crippen molar-refractivity contribution in [3.63, 3.8) is 0 Å². The van der Waals surface area contributed by atoms with E-state index in [2.05, 4.69) is 21.1 Å². The van der Waals surface area contributed by atoms with Crippen molar-refractivity contribution in [2.24, 2.45) is 10.2 Å². The fourth-order valence-corrected chi connectivity index (χ4v) is 2.47. The molecular weight excluding hydrogens is 384 g/mol. The number of phenolic OH excluding ortho intramolecular Hbond substituents is 2. The summed E-state index contributed by atoms with van der Waals surface area (Å²) in [5.41, 5.74) is 6.75. The van der Waals surface area contributed by atoms with Gasteiger partial charge in [-0.25, -0.2) is 10.9 Å². The normalized spacial score (nSPS) is 10.9. The summed E-state index contributed by atoms with van der Waals surface area (Å²) in [5, 5.41) is 26.6. The van der Waals surface area contributed by atoms with Crippen molar-refractivity contribution in [2.75, 3.05) is 0 Å². The molecule has 3 rings (SSSR count). The van der Waals surface area contributed by atoms with Gasteiger partial charge in [0.15, 0.2) is 0 Å². The number of aromatic hydroxyl groups is 2. The van der Waals surface area contributed by atoms with Gasteiger partial charge in [0.1, 0.15) is 11.5 Å². The van der Waals surface area contributed by atoms with Gasteiger partial charge in [0.25, 0.3) is 11.8 Å². The van der Waals surface area contributed by atoms with Gasteiger partial charge in [-0.1, -0.05) is 30.3 Å². The lowest BCUT2D eigenvalue weighted by atomic mass is 10.1. The van der Waals surface area contributed by atoms with E-state index in [1.165, 1.54) is 36.7 Å². The molecule has 0 saturated heterocycles. The number of phenols is 2. The third-order valence-electron chi connectivity index (χ3n) is 3.89. The van der Waals surface area contributed by atoms with Gasteiger partial charge in [-0.3, -0.25) is 9.59 Å². The highest BCUT2D eigenvalue weighted by Gasteiger charge is 2.05. The van der Waals surface area contributed by atoms with Crippen LogP contribution in [0, 0.1) is 0 Å². The zero-order valence-corrected chi connectivity index (χ0v) is 15.7. The summed E-state index contributed by atoms with van der Waals surface area (Å²) >= 11 is 0. The smallest absolute Gasteiger partial charge is 0.271 e. The standard InChI is InChI=1S/C22H18N4O4/c27-19-8-2-6-17(11-19)21(29)25-23-13-15-4-1-5-16(10-15)14-24-26-22(30)18-7-3-9-20(28)12-18/h1-14,27-28H,(H,25,29)(H,26,30)/b23-13-,24-14-. The maximum absolute atomic E-state index is 12.0. The van der Waals surface area contributed by atoms with E-state index in [0.717, 1.165) is 0 Å². The van der Waals surface area contributed by atoms with E-state index in [1.807, 2.05) is 0 Å². The lowest BCUT2D eigenvalue weighted by Crippen LogP contribution is -2.17. The predicted octanol–water partition coefficient (Wildman–Crippen LogP) is 2.63. The van der Waals surface area contributed by atoms with E-state index in [9.17, 15) is 19.8 Å². The minimum absolute atomic E-state index is 0.00484. The predicted molar refractivity (Wildman–Crippen MR) is 113 cm³/mol. The Labute approximate surface area is 172 Å². The van der Waals surface area contributed by atoms with Crippen molar-refractivity contribution >= 4 is 24.2 Å².